The van der Waals surface area contributed by atoms with Gasteiger partial charge in [-0.1, -0.05) is 11.6 Å². The van der Waals surface area contributed by atoms with Crippen LogP contribution in [0.2, 0.25) is 0 Å². The summed E-state index contributed by atoms with van der Waals surface area (Å²) in [5, 5.41) is 17.7. The van der Waals surface area contributed by atoms with Gasteiger partial charge >= 0.3 is 0 Å². The second-order valence-corrected chi connectivity index (χ2v) is 3.55. The second-order valence-electron chi connectivity index (χ2n) is 2.62. The van der Waals surface area contributed by atoms with Gasteiger partial charge in [0.15, 0.2) is 5.56 Å². The molecule has 5 atom stereocenters. The van der Waals surface area contributed by atoms with Gasteiger partial charge in [0, 0.05) is 0 Å². The molecule has 1 fully saturated rings. The molecule has 11 heavy (non-hydrogen) atoms. The minimum atomic E-state index is -1.01. The van der Waals surface area contributed by atoms with E-state index in [1.165, 1.54) is 0 Å². The summed E-state index contributed by atoms with van der Waals surface area (Å²) in [5.41, 5.74) is -0.731. The molecule has 3 nitrogen and oxygen atoms in total. The van der Waals surface area contributed by atoms with E-state index in [4.69, 9.17) is 27.9 Å². The highest BCUT2D eigenvalue weighted by molar-refractivity contribution is 6.29. The molecule has 0 aromatic carbocycles. The number of hydrogen-bond acceptors (Lipinski definition) is 3. The molecule has 1 aliphatic heterocycles. The summed E-state index contributed by atoms with van der Waals surface area (Å²) in [6, 6.07) is 0. The lowest BCUT2D eigenvalue weighted by Crippen LogP contribution is -2.52. The van der Waals surface area contributed by atoms with Crippen LogP contribution in [0, 0.1) is 0 Å². The van der Waals surface area contributed by atoms with Crippen LogP contribution in [0.3, 0.4) is 0 Å². The fourth-order valence-electron chi connectivity index (χ4n) is 0.982. The summed E-state index contributed by atoms with van der Waals surface area (Å²) in [6.45, 7) is 1.63. The Hall–Kier alpha value is 0.460. The Labute approximate surface area is 74.9 Å². The molecule has 0 spiro atoms. The highest BCUT2D eigenvalue weighted by Crippen LogP contribution is 2.26. The third kappa shape index (κ3) is 1.79. The van der Waals surface area contributed by atoms with Crippen LogP contribution in [-0.4, -0.2) is 39.5 Å². The molecule has 0 bridgehead atoms. The average molecular weight is 201 g/mol. The highest BCUT2D eigenvalue weighted by atomic mass is 35.5. The van der Waals surface area contributed by atoms with Gasteiger partial charge in [-0.2, -0.15) is 0 Å². The molecule has 1 heterocycles. The summed E-state index contributed by atoms with van der Waals surface area (Å²) in [5.74, 6) is 0. The molecule has 1 unspecified atom stereocenters. The number of ether oxygens (including phenoxy) is 1. The van der Waals surface area contributed by atoms with Crippen molar-refractivity contribution in [3.05, 3.63) is 0 Å². The maximum atomic E-state index is 9.24. The zero-order valence-electron chi connectivity index (χ0n) is 5.95. The number of rotatable bonds is 0. The van der Waals surface area contributed by atoms with Gasteiger partial charge in [0.1, 0.15) is 17.6 Å². The maximum Gasteiger partial charge on any atom is 0.150 e. The van der Waals surface area contributed by atoms with E-state index in [0.717, 1.165) is 0 Å². The van der Waals surface area contributed by atoms with E-state index in [2.05, 4.69) is 0 Å². The first-order chi connectivity index (χ1) is 5.04. The van der Waals surface area contributed by atoms with E-state index in [0.29, 0.717) is 0 Å². The number of alkyl halides is 2. The predicted molar refractivity (Wildman–Crippen MR) is 41.8 cm³/mol. The number of hydrogen-bond donors (Lipinski definition) is 2. The van der Waals surface area contributed by atoms with Gasteiger partial charge in [0.05, 0.1) is 6.10 Å². The zero-order valence-corrected chi connectivity index (χ0v) is 7.46. The fraction of sp³-hybridized carbons (Fsp3) is 1.00. The normalized spacial score (nSPS) is 52.6. The van der Waals surface area contributed by atoms with Gasteiger partial charge in [0.2, 0.25) is 0 Å². The fourth-order valence-corrected chi connectivity index (χ4v) is 1.50. The number of aliphatic hydroxyl groups excluding tert-OH is 2. The highest BCUT2D eigenvalue weighted by Gasteiger charge is 2.40. The molecule has 0 saturated carbocycles. The summed E-state index contributed by atoms with van der Waals surface area (Å²) in [4.78, 5) is 0. The predicted octanol–water partition coefficient (Wildman–Crippen LogP) is 0.299. The van der Waals surface area contributed by atoms with Gasteiger partial charge in [-0.3, -0.25) is 0 Å². The zero-order chi connectivity index (χ0) is 8.59. The minimum absolute atomic E-state index is 0.470. The Morgan fingerprint density at radius 2 is 1.73 bits per heavy atom. The van der Waals surface area contributed by atoms with E-state index in [-0.39, 0.29) is 0 Å². The van der Waals surface area contributed by atoms with Crippen molar-refractivity contribution >= 4 is 23.2 Å². The molecule has 1 saturated heterocycles. The van der Waals surface area contributed by atoms with Crippen molar-refractivity contribution in [2.45, 2.75) is 36.2 Å². The summed E-state index contributed by atoms with van der Waals surface area (Å²) < 4.78 is 5.00. The molecule has 0 aromatic rings. The molecule has 0 aromatic heterocycles. The standard InChI is InChI=1S/C6H10Cl2O3/c1-2-4(9)5(10)3(7)6(8)11-2/h2-6,9-10H,1H3/t2-,3+,4+,5-,6?/m1/s1. The van der Waals surface area contributed by atoms with E-state index in [1.54, 1.807) is 6.92 Å². The smallest absolute Gasteiger partial charge is 0.150 e. The van der Waals surface area contributed by atoms with Crippen LogP contribution in [0.5, 0.6) is 0 Å². The average Bonchev–Trinajstić information content (AvgIpc) is 1.97. The first-order valence-corrected chi connectivity index (χ1v) is 4.21. The van der Waals surface area contributed by atoms with Gasteiger partial charge in [0.25, 0.3) is 0 Å². The van der Waals surface area contributed by atoms with Gasteiger partial charge in [-0.05, 0) is 6.92 Å². The Bertz CT molecular complexity index is 130. The quantitative estimate of drug-likeness (QED) is 0.554. The summed E-state index contributed by atoms with van der Waals surface area (Å²) in [7, 11) is 0. The molecule has 0 aliphatic carbocycles. The van der Waals surface area contributed by atoms with Crippen LogP contribution in [0.25, 0.3) is 0 Å². The Morgan fingerprint density at radius 1 is 1.18 bits per heavy atom. The molecule has 5 heteroatoms. The van der Waals surface area contributed by atoms with Crippen molar-refractivity contribution in [1.82, 2.24) is 0 Å². The van der Waals surface area contributed by atoms with Crippen molar-refractivity contribution < 1.29 is 14.9 Å². The van der Waals surface area contributed by atoms with E-state index in [9.17, 15) is 10.2 Å². The monoisotopic (exact) mass is 200 g/mol. The summed E-state index contributed by atoms with van der Waals surface area (Å²) in [6.07, 6.45) is -2.43. The van der Waals surface area contributed by atoms with Gasteiger partial charge in [-0.15, -0.1) is 11.6 Å². The first-order valence-electron chi connectivity index (χ1n) is 3.33. The van der Waals surface area contributed by atoms with E-state index in [1.807, 2.05) is 0 Å². The van der Waals surface area contributed by atoms with Crippen LogP contribution < -0.4 is 0 Å². The Kier molecular flexibility index (Phi) is 3.00. The Morgan fingerprint density at radius 3 is 2.27 bits per heavy atom. The van der Waals surface area contributed by atoms with E-state index < -0.39 is 29.3 Å². The molecular weight excluding hydrogens is 191 g/mol. The molecule has 1 aliphatic rings. The molecular formula is C6H10Cl2O3. The number of halogens is 2. The first kappa shape index (κ1) is 9.55. The lowest BCUT2D eigenvalue weighted by atomic mass is 10.0. The third-order valence-corrected chi connectivity index (χ3v) is 2.74. The molecule has 0 amide bonds. The minimum Gasteiger partial charge on any atom is -0.389 e. The van der Waals surface area contributed by atoms with Crippen molar-refractivity contribution in [2.24, 2.45) is 0 Å². The van der Waals surface area contributed by atoms with E-state index >= 15 is 0 Å². The lowest BCUT2D eigenvalue weighted by molar-refractivity contribution is -0.136. The maximum absolute atomic E-state index is 9.24. The van der Waals surface area contributed by atoms with Crippen LogP contribution in [0.4, 0.5) is 0 Å². The Balaban J connectivity index is 2.63. The molecule has 0 radical (unpaired) electrons. The molecule has 2 N–H and O–H groups in total. The summed E-state index contributed by atoms with van der Waals surface area (Å²) >= 11 is 11.2. The van der Waals surface area contributed by atoms with Crippen molar-refractivity contribution in [2.75, 3.05) is 0 Å². The third-order valence-electron chi connectivity index (χ3n) is 1.75. The van der Waals surface area contributed by atoms with Crippen LogP contribution >= 0.6 is 23.2 Å². The molecule has 66 valence electrons. The van der Waals surface area contributed by atoms with Crippen LogP contribution in [0.15, 0.2) is 0 Å². The van der Waals surface area contributed by atoms with Crippen molar-refractivity contribution in [3.63, 3.8) is 0 Å². The van der Waals surface area contributed by atoms with Gasteiger partial charge in [-0.25, -0.2) is 0 Å². The van der Waals surface area contributed by atoms with Crippen molar-refractivity contribution in [1.29, 1.82) is 0 Å². The second kappa shape index (κ2) is 3.46. The number of aliphatic hydroxyl groups is 2. The van der Waals surface area contributed by atoms with Crippen LogP contribution in [0.1, 0.15) is 6.92 Å². The topological polar surface area (TPSA) is 49.7 Å². The SMILES string of the molecule is C[C@H]1OC(Cl)[C@@H](Cl)[C@@H](O)[C@H]1O. The van der Waals surface area contributed by atoms with Crippen molar-refractivity contribution in [3.8, 4) is 0 Å². The largest absolute Gasteiger partial charge is 0.389 e. The lowest BCUT2D eigenvalue weighted by Gasteiger charge is -2.36. The molecule has 1 rings (SSSR count). The van der Waals surface area contributed by atoms with Crippen LogP contribution in [-0.2, 0) is 4.74 Å². The van der Waals surface area contributed by atoms with Gasteiger partial charge < -0.3 is 14.9 Å².